The zero-order valence-electron chi connectivity index (χ0n) is 12.4. The second-order valence-corrected chi connectivity index (χ2v) is 4.87. The molecule has 1 aliphatic rings. The molecule has 1 fully saturated rings. The molecule has 0 bridgehead atoms. The van der Waals surface area contributed by atoms with Crippen molar-refractivity contribution in [2.24, 2.45) is 0 Å². The van der Waals surface area contributed by atoms with Gasteiger partial charge < -0.3 is 4.90 Å². The first-order valence-electron chi connectivity index (χ1n) is 7.24. The summed E-state index contributed by atoms with van der Waals surface area (Å²) in [6.45, 7) is 2.40. The van der Waals surface area contributed by atoms with Crippen LogP contribution >= 0.6 is 22.6 Å². The Bertz CT molecular complexity index is 543. The number of alkyl halides is 1. The van der Waals surface area contributed by atoms with Crippen LogP contribution in [0.4, 0.5) is 5.69 Å². The number of anilines is 1. The number of hydrogen-bond acceptors (Lipinski definition) is 2. The third-order valence-electron chi connectivity index (χ3n) is 3.50. The number of hydrogen-bond donors (Lipinski definition) is 0. The number of halogens is 1. The van der Waals surface area contributed by atoms with Crippen molar-refractivity contribution in [2.75, 3.05) is 22.9 Å². The summed E-state index contributed by atoms with van der Waals surface area (Å²) in [4.78, 5) is 8.70. The lowest BCUT2D eigenvalue weighted by atomic mass is 10.1. The predicted octanol–water partition coefficient (Wildman–Crippen LogP) is 4.90. The molecule has 2 aromatic rings. The van der Waals surface area contributed by atoms with Crippen molar-refractivity contribution >= 4 is 40.4 Å². The van der Waals surface area contributed by atoms with Gasteiger partial charge in [-0.15, -0.1) is 0 Å². The first-order chi connectivity index (χ1) is 10.4. The second-order valence-electron chi connectivity index (χ2n) is 4.87. The highest BCUT2D eigenvalue weighted by atomic mass is 127. The number of rotatable bonds is 3. The monoisotopic (exact) mass is 392 g/mol. The summed E-state index contributed by atoms with van der Waals surface area (Å²) in [5, 5.41) is 0. The fourth-order valence-electron chi connectivity index (χ4n) is 2.43. The van der Waals surface area contributed by atoms with Gasteiger partial charge in [0.2, 0.25) is 0 Å². The molecular formula is C18H21IN2. The Labute approximate surface area is 141 Å². The number of nitrogens with zero attached hydrogens (tertiary/aromatic N) is 2. The van der Waals surface area contributed by atoms with Crippen molar-refractivity contribution in [3.63, 3.8) is 0 Å². The van der Waals surface area contributed by atoms with Gasteiger partial charge in [-0.2, -0.15) is 0 Å². The Morgan fingerprint density at radius 1 is 0.952 bits per heavy atom. The van der Waals surface area contributed by atoms with Crippen LogP contribution in [0.2, 0.25) is 0 Å². The van der Waals surface area contributed by atoms with E-state index in [1.54, 1.807) is 0 Å². The molecule has 2 heterocycles. The van der Waals surface area contributed by atoms with Crippen molar-refractivity contribution in [3.8, 4) is 0 Å². The number of pyridine rings is 1. The molecule has 1 saturated heterocycles. The van der Waals surface area contributed by atoms with E-state index in [0.717, 1.165) is 5.69 Å². The molecular weight excluding hydrogens is 371 g/mol. The maximum absolute atomic E-state index is 4.28. The Hall–Kier alpha value is -1.36. The average Bonchev–Trinajstić information content (AvgIpc) is 3.11. The van der Waals surface area contributed by atoms with Gasteiger partial charge in [-0.1, -0.05) is 46.9 Å². The van der Waals surface area contributed by atoms with Crippen molar-refractivity contribution < 1.29 is 0 Å². The zero-order chi connectivity index (χ0) is 14.9. The SMILES string of the molecule is C(=C\c1ccccn1)/c1ccc(N2CCCC2)cc1.CI. The molecule has 110 valence electrons. The van der Waals surface area contributed by atoms with E-state index in [0.29, 0.717) is 0 Å². The molecule has 0 aliphatic carbocycles. The molecule has 3 heteroatoms. The van der Waals surface area contributed by atoms with E-state index in [2.05, 4.69) is 62.8 Å². The fourth-order valence-corrected chi connectivity index (χ4v) is 2.43. The Balaban J connectivity index is 0.000000774. The van der Waals surface area contributed by atoms with Gasteiger partial charge in [0.25, 0.3) is 0 Å². The second kappa shape index (κ2) is 8.82. The van der Waals surface area contributed by atoms with E-state index >= 15 is 0 Å². The van der Waals surface area contributed by atoms with Crippen LogP contribution in [0.5, 0.6) is 0 Å². The van der Waals surface area contributed by atoms with Gasteiger partial charge in [0.05, 0.1) is 5.69 Å². The molecule has 0 N–H and O–H groups in total. The molecule has 0 amide bonds. The summed E-state index contributed by atoms with van der Waals surface area (Å²) in [6, 6.07) is 14.7. The molecule has 0 unspecified atom stereocenters. The van der Waals surface area contributed by atoms with Gasteiger partial charge in [-0.3, -0.25) is 4.98 Å². The smallest absolute Gasteiger partial charge is 0.0629 e. The molecule has 21 heavy (non-hydrogen) atoms. The first-order valence-corrected chi connectivity index (χ1v) is 9.39. The minimum absolute atomic E-state index is 0.992. The van der Waals surface area contributed by atoms with Crippen LogP contribution in [0.1, 0.15) is 24.1 Å². The Morgan fingerprint density at radius 2 is 1.67 bits per heavy atom. The summed E-state index contributed by atoms with van der Waals surface area (Å²) >= 11 is 2.15. The fraction of sp³-hybridized carbons (Fsp3) is 0.278. The standard InChI is InChI=1S/C17H18N2.CH3I/c1-2-12-18-16(5-1)9-6-15-7-10-17(11-8-15)19-13-3-4-14-19;1-2/h1-2,5-12H,3-4,13-14H2;1H3/b9-6+;. The minimum Gasteiger partial charge on any atom is -0.372 e. The van der Waals surface area contributed by atoms with Gasteiger partial charge >= 0.3 is 0 Å². The van der Waals surface area contributed by atoms with Crippen LogP contribution in [0.15, 0.2) is 48.7 Å². The maximum Gasteiger partial charge on any atom is 0.0629 e. The summed E-state index contributed by atoms with van der Waals surface area (Å²) in [5.74, 6) is 0. The molecule has 3 rings (SSSR count). The van der Waals surface area contributed by atoms with Crippen molar-refractivity contribution in [1.82, 2.24) is 4.98 Å². The van der Waals surface area contributed by atoms with Gasteiger partial charge in [-0.05, 0) is 53.7 Å². The minimum atomic E-state index is 0.992. The number of benzene rings is 1. The van der Waals surface area contributed by atoms with Crippen LogP contribution in [-0.4, -0.2) is 23.0 Å². The van der Waals surface area contributed by atoms with E-state index in [4.69, 9.17) is 0 Å². The molecule has 1 aromatic heterocycles. The maximum atomic E-state index is 4.28. The lowest BCUT2D eigenvalue weighted by Gasteiger charge is -2.17. The lowest BCUT2D eigenvalue weighted by molar-refractivity contribution is 0.949. The van der Waals surface area contributed by atoms with Crippen LogP contribution in [-0.2, 0) is 0 Å². The van der Waals surface area contributed by atoms with Crippen molar-refractivity contribution in [3.05, 3.63) is 59.9 Å². The van der Waals surface area contributed by atoms with Crippen LogP contribution in [0.25, 0.3) is 12.2 Å². The largest absolute Gasteiger partial charge is 0.372 e. The molecule has 0 radical (unpaired) electrons. The summed E-state index contributed by atoms with van der Waals surface area (Å²) in [7, 11) is 0. The highest BCUT2D eigenvalue weighted by Crippen LogP contribution is 2.21. The van der Waals surface area contributed by atoms with E-state index in [9.17, 15) is 0 Å². The van der Waals surface area contributed by atoms with E-state index in [1.165, 1.54) is 37.2 Å². The van der Waals surface area contributed by atoms with Crippen LogP contribution < -0.4 is 4.90 Å². The summed E-state index contributed by atoms with van der Waals surface area (Å²) in [6.07, 6.45) is 8.61. The molecule has 0 atom stereocenters. The highest BCUT2D eigenvalue weighted by molar-refractivity contribution is 14.1. The van der Waals surface area contributed by atoms with E-state index in [1.807, 2.05) is 35.4 Å². The molecule has 0 saturated carbocycles. The zero-order valence-corrected chi connectivity index (χ0v) is 14.5. The van der Waals surface area contributed by atoms with E-state index in [-0.39, 0.29) is 0 Å². The Kier molecular flexibility index (Phi) is 6.73. The highest BCUT2D eigenvalue weighted by Gasteiger charge is 2.11. The Morgan fingerprint density at radius 3 is 2.29 bits per heavy atom. The van der Waals surface area contributed by atoms with Crippen molar-refractivity contribution in [2.45, 2.75) is 12.8 Å². The van der Waals surface area contributed by atoms with E-state index < -0.39 is 0 Å². The average molecular weight is 392 g/mol. The molecule has 2 nitrogen and oxygen atoms in total. The molecule has 1 aliphatic heterocycles. The third kappa shape index (κ3) is 4.84. The third-order valence-corrected chi connectivity index (χ3v) is 3.50. The first kappa shape index (κ1) is 16.0. The quantitative estimate of drug-likeness (QED) is 0.546. The van der Waals surface area contributed by atoms with Crippen molar-refractivity contribution in [1.29, 1.82) is 0 Å². The number of aromatic nitrogens is 1. The van der Waals surface area contributed by atoms with Gasteiger partial charge in [0.1, 0.15) is 0 Å². The summed E-state index contributed by atoms with van der Waals surface area (Å²) in [5.41, 5.74) is 3.55. The van der Waals surface area contributed by atoms with Gasteiger partial charge in [0, 0.05) is 25.0 Å². The normalized spacial score (nSPS) is 14.1. The van der Waals surface area contributed by atoms with Gasteiger partial charge in [-0.25, -0.2) is 0 Å². The topological polar surface area (TPSA) is 16.1 Å². The summed E-state index contributed by atoms with van der Waals surface area (Å²) < 4.78 is 0. The van der Waals surface area contributed by atoms with Crippen LogP contribution in [0.3, 0.4) is 0 Å². The van der Waals surface area contributed by atoms with Crippen LogP contribution in [0, 0.1) is 0 Å². The lowest BCUT2D eigenvalue weighted by Crippen LogP contribution is -2.17. The van der Waals surface area contributed by atoms with Gasteiger partial charge in [0.15, 0.2) is 0 Å². The molecule has 1 aromatic carbocycles. The molecule has 0 spiro atoms. The predicted molar refractivity (Wildman–Crippen MR) is 101 cm³/mol.